The van der Waals surface area contributed by atoms with Gasteiger partial charge < -0.3 is 15.7 Å². The second kappa shape index (κ2) is 5.59. The first-order valence-electron chi connectivity index (χ1n) is 4.81. The van der Waals surface area contributed by atoms with E-state index in [1.807, 2.05) is 0 Å². The van der Waals surface area contributed by atoms with E-state index in [0.29, 0.717) is 4.47 Å². The van der Waals surface area contributed by atoms with Crippen LogP contribution in [0.3, 0.4) is 0 Å². The van der Waals surface area contributed by atoms with E-state index in [1.54, 1.807) is 6.07 Å². The van der Waals surface area contributed by atoms with Gasteiger partial charge in [0.25, 0.3) is 0 Å². The van der Waals surface area contributed by atoms with Gasteiger partial charge in [-0.15, -0.1) is 0 Å². The SMILES string of the molecule is Nc1ccc(Br)cc1N(CCO)CC(F)(F)F. The summed E-state index contributed by atoms with van der Waals surface area (Å²) in [5.41, 5.74) is 6.12. The van der Waals surface area contributed by atoms with E-state index in [1.165, 1.54) is 12.1 Å². The van der Waals surface area contributed by atoms with Gasteiger partial charge in [-0.25, -0.2) is 0 Å². The number of anilines is 2. The third kappa shape index (κ3) is 4.43. The molecule has 0 aliphatic rings. The van der Waals surface area contributed by atoms with Gasteiger partial charge in [-0.3, -0.25) is 0 Å². The summed E-state index contributed by atoms with van der Waals surface area (Å²) in [4.78, 5) is 1.00. The Balaban J connectivity index is 3.00. The number of alkyl halides is 3. The van der Waals surface area contributed by atoms with Crippen molar-refractivity contribution in [1.29, 1.82) is 0 Å². The lowest BCUT2D eigenvalue weighted by Gasteiger charge is -2.26. The van der Waals surface area contributed by atoms with Crippen molar-refractivity contribution in [3.05, 3.63) is 22.7 Å². The molecule has 1 aromatic rings. The van der Waals surface area contributed by atoms with Gasteiger partial charge in [0.05, 0.1) is 18.0 Å². The van der Waals surface area contributed by atoms with Crippen molar-refractivity contribution in [2.24, 2.45) is 0 Å². The second-order valence-electron chi connectivity index (χ2n) is 3.46. The van der Waals surface area contributed by atoms with Crippen molar-refractivity contribution in [2.75, 3.05) is 30.3 Å². The number of nitrogens with zero attached hydrogens (tertiary/aromatic N) is 1. The highest BCUT2D eigenvalue weighted by molar-refractivity contribution is 9.10. The Bertz CT molecular complexity index is 384. The number of halogens is 4. The largest absolute Gasteiger partial charge is 0.405 e. The van der Waals surface area contributed by atoms with E-state index in [0.717, 1.165) is 4.90 Å². The van der Waals surface area contributed by atoms with E-state index in [9.17, 15) is 13.2 Å². The quantitative estimate of drug-likeness (QED) is 0.839. The summed E-state index contributed by atoms with van der Waals surface area (Å²) in [5.74, 6) is 0. The Morgan fingerprint density at radius 2 is 2.00 bits per heavy atom. The zero-order valence-electron chi connectivity index (χ0n) is 8.84. The van der Waals surface area contributed by atoms with Crippen LogP contribution in [0, 0.1) is 0 Å². The molecule has 0 spiro atoms. The van der Waals surface area contributed by atoms with Crippen LogP contribution in [0.2, 0.25) is 0 Å². The number of nitrogen functional groups attached to an aromatic ring is 1. The van der Waals surface area contributed by atoms with Gasteiger partial charge in [0.2, 0.25) is 0 Å². The number of hydrogen-bond donors (Lipinski definition) is 2. The molecular weight excluding hydrogens is 301 g/mol. The summed E-state index contributed by atoms with van der Waals surface area (Å²) in [6, 6.07) is 4.65. The van der Waals surface area contributed by atoms with Crippen LogP contribution in [-0.4, -0.2) is 31.0 Å². The molecule has 0 saturated heterocycles. The molecule has 0 saturated carbocycles. The molecule has 3 nitrogen and oxygen atoms in total. The van der Waals surface area contributed by atoms with Crippen LogP contribution in [-0.2, 0) is 0 Å². The Kier molecular flexibility index (Phi) is 4.64. The summed E-state index contributed by atoms with van der Waals surface area (Å²) in [6.07, 6.45) is -4.34. The Labute approximate surface area is 105 Å². The van der Waals surface area contributed by atoms with Crippen molar-refractivity contribution in [3.8, 4) is 0 Å². The van der Waals surface area contributed by atoms with Crippen LogP contribution >= 0.6 is 15.9 Å². The number of aliphatic hydroxyl groups is 1. The molecule has 7 heteroatoms. The highest BCUT2D eigenvalue weighted by atomic mass is 79.9. The molecule has 0 bridgehead atoms. The predicted octanol–water partition coefficient (Wildman–Crippen LogP) is 2.39. The zero-order chi connectivity index (χ0) is 13.1. The average molecular weight is 313 g/mol. The highest BCUT2D eigenvalue weighted by Crippen LogP contribution is 2.29. The maximum absolute atomic E-state index is 12.4. The molecule has 0 aliphatic heterocycles. The number of rotatable bonds is 4. The molecule has 96 valence electrons. The molecular formula is C10H12BrF3N2O. The van der Waals surface area contributed by atoms with E-state index in [4.69, 9.17) is 10.8 Å². The van der Waals surface area contributed by atoms with Crippen LogP contribution in [0.1, 0.15) is 0 Å². The van der Waals surface area contributed by atoms with E-state index in [-0.39, 0.29) is 24.5 Å². The van der Waals surface area contributed by atoms with Gasteiger partial charge in [0.1, 0.15) is 6.54 Å². The minimum absolute atomic E-state index is 0.125. The third-order valence-corrected chi connectivity index (χ3v) is 2.57. The lowest BCUT2D eigenvalue weighted by molar-refractivity contribution is -0.119. The van der Waals surface area contributed by atoms with E-state index < -0.39 is 12.7 Å². The molecule has 0 aromatic heterocycles. The second-order valence-corrected chi connectivity index (χ2v) is 4.38. The van der Waals surface area contributed by atoms with Crippen LogP contribution in [0.4, 0.5) is 24.5 Å². The van der Waals surface area contributed by atoms with Crippen LogP contribution < -0.4 is 10.6 Å². The van der Waals surface area contributed by atoms with Crippen LogP contribution in [0.25, 0.3) is 0 Å². The van der Waals surface area contributed by atoms with E-state index >= 15 is 0 Å². The highest BCUT2D eigenvalue weighted by Gasteiger charge is 2.31. The van der Waals surface area contributed by atoms with Gasteiger partial charge in [0, 0.05) is 11.0 Å². The molecule has 0 amide bonds. The first-order valence-corrected chi connectivity index (χ1v) is 5.60. The fraction of sp³-hybridized carbons (Fsp3) is 0.400. The smallest absolute Gasteiger partial charge is 0.397 e. The summed E-state index contributed by atoms with van der Waals surface area (Å²) in [7, 11) is 0. The Hall–Kier alpha value is -0.950. The maximum atomic E-state index is 12.4. The number of benzene rings is 1. The fourth-order valence-corrected chi connectivity index (χ4v) is 1.76. The van der Waals surface area contributed by atoms with Crippen LogP contribution in [0.5, 0.6) is 0 Å². The number of hydrogen-bond acceptors (Lipinski definition) is 3. The molecule has 0 radical (unpaired) electrons. The molecule has 0 heterocycles. The van der Waals surface area contributed by atoms with Crippen LogP contribution in [0.15, 0.2) is 22.7 Å². The van der Waals surface area contributed by atoms with Gasteiger partial charge in [0.15, 0.2) is 0 Å². The molecule has 1 rings (SSSR count). The van der Waals surface area contributed by atoms with Gasteiger partial charge >= 0.3 is 6.18 Å². The van der Waals surface area contributed by atoms with Crippen molar-refractivity contribution in [2.45, 2.75) is 6.18 Å². The molecule has 0 unspecified atom stereocenters. The van der Waals surface area contributed by atoms with E-state index in [2.05, 4.69) is 15.9 Å². The molecule has 17 heavy (non-hydrogen) atoms. The topological polar surface area (TPSA) is 49.5 Å². The van der Waals surface area contributed by atoms with Gasteiger partial charge in [-0.1, -0.05) is 15.9 Å². The lowest BCUT2D eigenvalue weighted by atomic mass is 10.2. The molecule has 0 atom stereocenters. The maximum Gasteiger partial charge on any atom is 0.405 e. The molecule has 0 fully saturated rings. The normalized spacial score (nSPS) is 11.6. The summed E-state index contributed by atoms with van der Waals surface area (Å²) in [5, 5.41) is 8.79. The number of nitrogens with two attached hydrogens (primary N) is 1. The lowest BCUT2D eigenvalue weighted by Crippen LogP contribution is -2.36. The van der Waals surface area contributed by atoms with Gasteiger partial charge in [-0.2, -0.15) is 13.2 Å². The first-order chi connectivity index (χ1) is 7.83. The fourth-order valence-electron chi connectivity index (χ4n) is 1.41. The molecule has 3 N–H and O–H groups in total. The summed E-state index contributed by atoms with van der Waals surface area (Å²) >= 11 is 3.17. The standard InChI is InChI=1S/C10H12BrF3N2O/c11-7-1-2-8(15)9(5-7)16(3-4-17)6-10(12,13)14/h1-2,5,17H,3-4,6,15H2. The van der Waals surface area contributed by atoms with Crippen molar-refractivity contribution >= 4 is 27.3 Å². The third-order valence-electron chi connectivity index (χ3n) is 2.07. The van der Waals surface area contributed by atoms with Crippen molar-refractivity contribution in [1.82, 2.24) is 0 Å². The minimum Gasteiger partial charge on any atom is -0.397 e. The predicted molar refractivity (Wildman–Crippen MR) is 63.9 cm³/mol. The first kappa shape index (κ1) is 14.1. The Morgan fingerprint density at radius 1 is 1.35 bits per heavy atom. The summed E-state index contributed by atoms with van der Waals surface area (Å²) < 4.78 is 37.7. The summed E-state index contributed by atoms with van der Waals surface area (Å²) in [6.45, 7) is -1.64. The number of aliphatic hydroxyl groups excluding tert-OH is 1. The average Bonchev–Trinajstić information content (AvgIpc) is 2.19. The zero-order valence-corrected chi connectivity index (χ0v) is 10.4. The molecule has 0 aliphatic carbocycles. The van der Waals surface area contributed by atoms with Crippen molar-refractivity contribution in [3.63, 3.8) is 0 Å². The minimum atomic E-state index is -4.34. The van der Waals surface area contributed by atoms with Gasteiger partial charge in [-0.05, 0) is 18.2 Å². The Morgan fingerprint density at radius 3 is 2.53 bits per heavy atom. The van der Waals surface area contributed by atoms with Crippen molar-refractivity contribution < 1.29 is 18.3 Å². The monoisotopic (exact) mass is 312 g/mol. The molecule has 1 aromatic carbocycles.